The Bertz CT molecular complexity index is 628. The van der Waals surface area contributed by atoms with Crippen LogP contribution >= 0.6 is 31.0 Å². The molecule has 8 nitrogen and oxygen atoms in total. The molecule has 1 aromatic carbocycles. The normalized spacial score (nSPS) is 10.3. The lowest BCUT2D eigenvalue weighted by Gasteiger charge is -2.13. The zero-order chi connectivity index (χ0) is 20.2. The molecule has 0 aliphatic carbocycles. The first-order valence-corrected chi connectivity index (χ1v) is 9.45. The third-order valence-corrected chi connectivity index (χ3v) is 3.77. The van der Waals surface area contributed by atoms with Gasteiger partial charge in [-0.1, -0.05) is 35.3 Å². The largest absolute Gasteiger partial charge is 0.529 e. The van der Waals surface area contributed by atoms with Crippen LogP contribution < -0.4 is 14.8 Å². The fraction of sp³-hybridized carbons (Fsp3) is 0.400. The summed E-state index contributed by atoms with van der Waals surface area (Å²) in [5, 5.41) is 2.38. The van der Waals surface area contributed by atoms with Gasteiger partial charge in [0.15, 0.2) is 11.5 Å². The summed E-state index contributed by atoms with van der Waals surface area (Å²) in [5.74, 6) is 0.988. The molecule has 1 amide bonds. The summed E-state index contributed by atoms with van der Waals surface area (Å²) < 4.78 is 34.6. The van der Waals surface area contributed by atoms with Crippen molar-refractivity contribution in [3.63, 3.8) is 0 Å². The highest BCUT2D eigenvalue weighted by molar-refractivity contribution is 7.48. The minimum absolute atomic E-state index is 0.0411. The summed E-state index contributed by atoms with van der Waals surface area (Å²) >= 11 is 10.3. The van der Waals surface area contributed by atoms with E-state index >= 15 is 0 Å². The number of hydrogen-bond donors (Lipinski definition) is 1. The van der Waals surface area contributed by atoms with E-state index in [9.17, 15) is 9.36 Å². The van der Waals surface area contributed by atoms with Crippen LogP contribution in [0.4, 0.5) is 4.79 Å². The molecule has 0 heterocycles. The maximum Gasteiger partial charge on any atom is 0.529 e. The van der Waals surface area contributed by atoms with Crippen molar-refractivity contribution in [2.75, 3.05) is 21.3 Å². The van der Waals surface area contributed by atoms with E-state index < -0.39 is 13.9 Å². The Morgan fingerprint density at radius 1 is 1.15 bits per heavy atom. The second-order valence-corrected chi connectivity index (χ2v) is 7.42. The van der Waals surface area contributed by atoms with Gasteiger partial charge in [0.05, 0.1) is 6.10 Å². The molecule has 0 saturated heterocycles. The first-order chi connectivity index (χ1) is 12.2. The Labute approximate surface area is 162 Å². The van der Waals surface area contributed by atoms with Crippen LogP contribution in [0.1, 0.15) is 13.8 Å². The first-order valence-electron chi connectivity index (χ1n) is 7.23. The van der Waals surface area contributed by atoms with E-state index in [-0.39, 0.29) is 10.6 Å². The number of carbonyl (C=O) groups is 1. The van der Waals surface area contributed by atoms with Gasteiger partial charge in [-0.25, -0.2) is 9.36 Å². The third kappa shape index (κ3) is 10.5. The molecule has 11 heteroatoms. The maximum atomic E-state index is 11.0. The van der Waals surface area contributed by atoms with Gasteiger partial charge in [0.2, 0.25) is 0 Å². The van der Waals surface area contributed by atoms with E-state index in [1.807, 2.05) is 19.9 Å². The quantitative estimate of drug-likeness (QED) is 0.487. The molecule has 0 fully saturated rings. The Kier molecular flexibility index (Phi) is 12.1. The van der Waals surface area contributed by atoms with Crippen LogP contribution in [0.25, 0.3) is 0 Å². The molecule has 0 unspecified atom stereocenters. The highest BCUT2D eigenvalue weighted by atomic mass is 35.5. The van der Waals surface area contributed by atoms with E-state index in [0.717, 1.165) is 6.26 Å². The predicted molar refractivity (Wildman–Crippen MR) is 99.8 cm³/mol. The monoisotopic (exact) mass is 429 g/mol. The Morgan fingerprint density at radius 3 is 2.12 bits per heavy atom. The third-order valence-electron chi connectivity index (χ3n) is 2.34. The molecule has 1 N–H and O–H groups in total. The molecular formula is C15H22Cl2NO7P. The number of ether oxygens (including phenoxy) is 2. The molecule has 1 rings (SSSR count). The van der Waals surface area contributed by atoms with Gasteiger partial charge in [-0.15, -0.1) is 0 Å². The molecular weight excluding hydrogens is 408 g/mol. The van der Waals surface area contributed by atoms with E-state index in [1.165, 1.54) is 21.3 Å². The van der Waals surface area contributed by atoms with Gasteiger partial charge in [0.1, 0.15) is 10.8 Å². The van der Waals surface area contributed by atoms with Crippen LogP contribution in [0.5, 0.6) is 11.5 Å². The van der Waals surface area contributed by atoms with Crippen LogP contribution in [0, 0.1) is 0 Å². The smallest absolute Gasteiger partial charge is 0.487 e. The summed E-state index contributed by atoms with van der Waals surface area (Å²) in [7, 11) is 0.389. The van der Waals surface area contributed by atoms with Crippen LogP contribution in [0.3, 0.4) is 0 Å². The lowest BCUT2D eigenvalue weighted by atomic mass is 10.3. The average Bonchev–Trinajstić information content (AvgIpc) is 2.61. The van der Waals surface area contributed by atoms with Crippen LogP contribution in [-0.2, 0) is 18.1 Å². The van der Waals surface area contributed by atoms with Gasteiger partial charge in [0.25, 0.3) is 0 Å². The van der Waals surface area contributed by atoms with Crippen molar-refractivity contribution in [1.82, 2.24) is 5.32 Å². The van der Waals surface area contributed by atoms with Crippen molar-refractivity contribution in [3.05, 3.63) is 35.0 Å². The Morgan fingerprint density at radius 2 is 1.69 bits per heavy atom. The zero-order valence-corrected chi connectivity index (χ0v) is 17.4. The van der Waals surface area contributed by atoms with Crippen molar-refractivity contribution in [2.24, 2.45) is 0 Å². The highest BCUT2D eigenvalue weighted by Gasteiger charge is 2.22. The van der Waals surface area contributed by atoms with E-state index in [1.54, 1.807) is 18.2 Å². The molecule has 0 radical (unpaired) electrons. The minimum atomic E-state index is -3.48. The molecule has 0 atom stereocenters. The Hall–Kier alpha value is -1.44. The van der Waals surface area contributed by atoms with Crippen LogP contribution in [-0.4, -0.2) is 33.5 Å². The van der Waals surface area contributed by atoms with Crippen LogP contribution in [0.15, 0.2) is 35.0 Å². The van der Waals surface area contributed by atoms with Gasteiger partial charge in [0, 0.05) is 21.3 Å². The highest BCUT2D eigenvalue weighted by Crippen LogP contribution is 2.48. The second kappa shape index (κ2) is 12.8. The SMILES string of the molecule is CNC(=O)Oc1ccccc1OC(C)C.COP(=O)(OC)OC=C(Cl)Cl. The molecule has 26 heavy (non-hydrogen) atoms. The number of carbonyl (C=O) groups excluding carboxylic acids is 1. The topological polar surface area (TPSA) is 92.3 Å². The number of para-hydroxylation sites is 2. The number of halogens is 2. The van der Waals surface area contributed by atoms with Crippen molar-refractivity contribution in [3.8, 4) is 11.5 Å². The summed E-state index contributed by atoms with van der Waals surface area (Å²) in [4.78, 5) is 11.0. The fourth-order valence-corrected chi connectivity index (χ4v) is 2.07. The predicted octanol–water partition coefficient (Wildman–Crippen LogP) is 4.87. The number of rotatable bonds is 7. The summed E-state index contributed by atoms with van der Waals surface area (Å²) in [5.41, 5.74) is 0. The van der Waals surface area contributed by atoms with Gasteiger partial charge >= 0.3 is 13.9 Å². The lowest BCUT2D eigenvalue weighted by Crippen LogP contribution is -2.22. The number of phosphoric acid groups is 1. The zero-order valence-electron chi connectivity index (χ0n) is 15.0. The number of amides is 1. The van der Waals surface area contributed by atoms with Crippen molar-refractivity contribution in [1.29, 1.82) is 0 Å². The van der Waals surface area contributed by atoms with Gasteiger partial charge in [-0.2, -0.15) is 0 Å². The van der Waals surface area contributed by atoms with Gasteiger partial charge < -0.3 is 19.3 Å². The van der Waals surface area contributed by atoms with Gasteiger partial charge in [-0.3, -0.25) is 9.05 Å². The van der Waals surface area contributed by atoms with E-state index in [2.05, 4.69) is 18.9 Å². The molecule has 148 valence electrons. The van der Waals surface area contributed by atoms with Crippen molar-refractivity contribution >= 4 is 37.1 Å². The molecule has 0 saturated carbocycles. The maximum absolute atomic E-state index is 11.0. The molecule has 0 aliphatic heterocycles. The second-order valence-electron chi connectivity index (χ2n) is 4.58. The number of nitrogens with one attached hydrogen (secondary N) is 1. The number of benzene rings is 1. The lowest BCUT2D eigenvalue weighted by molar-refractivity contribution is 0.193. The first kappa shape index (κ1) is 24.6. The summed E-state index contributed by atoms with van der Waals surface area (Å²) in [6.07, 6.45) is 0.408. The average molecular weight is 430 g/mol. The van der Waals surface area contributed by atoms with E-state index in [0.29, 0.717) is 11.5 Å². The molecule has 0 spiro atoms. The summed E-state index contributed by atoms with van der Waals surface area (Å²) in [6.45, 7) is 3.83. The molecule has 0 bridgehead atoms. The van der Waals surface area contributed by atoms with E-state index in [4.69, 9.17) is 32.7 Å². The molecule has 0 aliphatic rings. The summed E-state index contributed by atoms with van der Waals surface area (Å²) in [6, 6.07) is 7.06. The van der Waals surface area contributed by atoms with Crippen molar-refractivity contribution < 1.29 is 32.4 Å². The van der Waals surface area contributed by atoms with Crippen LogP contribution in [0.2, 0.25) is 0 Å². The standard InChI is InChI=1S/C11H15NO3.C4H7Cl2O4P/c1-8(2)14-9-6-4-5-7-10(9)15-11(13)12-3;1-8-11(7,9-2)10-3-4(5)6/h4-8H,1-3H3,(H,12,13);3H,1-2H3. The minimum Gasteiger partial charge on any atom is -0.487 e. The molecule has 1 aromatic rings. The molecule has 0 aromatic heterocycles. The Balaban J connectivity index is 0.000000508. The number of phosphoric ester groups is 1. The number of hydrogen-bond acceptors (Lipinski definition) is 7. The fourth-order valence-electron chi connectivity index (χ4n) is 1.30. The van der Waals surface area contributed by atoms with Crippen molar-refractivity contribution in [2.45, 2.75) is 20.0 Å². The van der Waals surface area contributed by atoms with Gasteiger partial charge in [-0.05, 0) is 26.0 Å².